The maximum Gasteiger partial charge on any atom is 0.430 e. The summed E-state index contributed by atoms with van der Waals surface area (Å²) in [5, 5.41) is 13.6. The van der Waals surface area contributed by atoms with E-state index >= 15 is 0 Å². The van der Waals surface area contributed by atoms with Gasteiger partial charge in [0.1, 0.15) is 5.84 Å². The highest BCUT2D eigenvalue weighted by Crippen LogP contribution is 2.51. The van der Waals surface area contributed by atoms with Crippen molar-refractivity contribution in [3.63, 3.8) is 0 Å². The Kier molecular flexibility index (Phi) is 6.11. The van der Waals surface area contributed by atoms with Crippen LogP contribution in [0.5, 0.6) is 0 Å². The van der Waals surface area contributed by atoms with Gasteiger partial charge in [-0.2, -0.15) is 31.3 Å². The molecular weight excluding hydrogens is 478 g/mol. The third-order valence-electron chi connectivity index (χ3n) is 5.68. The van der Waals surface area contributed by atoms with E-state index < -0.39 is 36.2 Å². The number of amidine groups is 1. The Balaban J connectivity index is 1.71. The second kappa shape index (κ2) is 8.78. The largest absolute Gasteiger partial charge is 0.430 e. The van der Waals surface area contributed by atoms with E-state index in [0.717, 1.165) is 0 Å². The number of tetrazole rings is 1. The first-order valence-corrected chi connectivity index (χ1v) is 10.5. The molecule has 0 aliphatic carbocycles. The highest BCUT2D eigenvalue weighted by atomic mass is 19.4. The Morgan fingerprint density at radius 3 is 2.11 bits per heavy atom. The van der Waals surface area contributed by atoms with Gasteiger partial charge in [-0.15, -0.1) is 5.10 Å². The Bertz CT molecular complexity index is 1220. The highest BCUT2D eigenvalue weighted by Gasteiger charge is 2.81. The van der Waals surface area contributed by atoms with Gasteiger partial charge >= 0.3 is 17.9 Å². The number of nitrogens with zero attached hydrogens (tertiary/aromatic N) is 5. The number of rotatable bonds is 6. The van der Waals surface area contributed by atoms with Crippen LogP contribution in [0.3, 0.4) is 0 Å². The molecule has 0 unspecified atom stereocenters. The number of aliphatic imine (C=N–C) groups is 1. The Morgan fingerprint density at radius 1 is 0.943 bits per heavy atom. The second-order valence-corrected chi connectivity index (χ2v) is 7.87. The molecule has 7 nitrogen and oxygen atoms in total. The summed E-state index contributed by atoms with van der Waals surface area (Å²) in [6.07, 6.45) is -11.9. The van der Waals surface area contributed by atoms with E-state index in [4.69, 9.17) is 0 Å². The maximum atomic E-state index is 13.9. The third kappa shape index (κ3) is 4.04. The monoisotopic (exact) mass is 496 g/mol. The van der Waals surface area contributed by atoms with Crippen molar-refractivity contribution in [1.82, 2.24) is 25.5 Å². The van der Waals surface area contributed by atoms with Gasteiger partial charge in [0.15, 0.2) is 5.82 Å². The third-order valence-corrected chi connectivity index (χ3v) is 5.68. The van der Waals surface area contributed by atoms with Crippen molar-refractivity contribution in [2.24, 2.45) is 4.99 Å². The molecule has 184 valence electrons. The number of aromatic nitrogens is 4. The van der Waals surface area contributed by atoms with Crippen LogP contribution in [-0.2, 0) is 11.3 Å². The SMILES string of the molecule is CCCC1=NC(=O)C(C(F)(F)F)(C(F)(F)F)N1Cc1ccc(-c2ccccc2-c2nnn[nH]2)cc1. The van der Waals surface area contributed by atoms with Crippen LogP contribution in [0.1, 0.15) is 25.3 Å². The first kappa shape index (κ1) is 24.4. The molecule has 1 aliphatic heterocycles. The molecule has 0 radical (unpaired) electrons. The number of nitrogens with one attached hydrogen (secondary N) is 1. The van der Waals surface area contributed by atoms with Gasteiger partial charge in [-0.05, 0) is 33.5 Å². The number of halogens is 6. The van der Waals surface area contributed by atoms with Gasteiger partial charge in [-0.25, -0.2) is 5.10 Å². The molecule has 0 atom stereocenters. The lowest BCUT2D eigenvalue weighted by atomic mass is 9.93. The van der Waals surface area contributed by atoms with Gasteiger partial charge in [-0.1, -0.05) is 55.5 Å². The molecule has 1 aliphatic rings. The van der Waals surface area contributed by atoms with Crippen molar-refractivity contribution in [3.05, 3.63) is 54.1 Å². The summed E-state index contributed by atoms with van der Waals surface area (Å²) in [5.74, 6) is -2.42. The van der Waals surface area contributed by atoms with Crippen LogP contribution < -0.4 is 0 Å². The number of aromatic amines is 1. The predicted molar refractivity (Wildman–Crippen MR) is 113 cm³/mol. The minimum atomic E-state index is -5.93. The Labute approximate surface area is 194 Å². The molecular formula is C22H18F6N6O. The van der Waals surface area contributed by atoms with E-state index in [1.165, 1.54) is 12.1 Å². The van der Waals surface area contributed by atoms with Gasteiger partial charge in [-0.3, -0.25) is 4.79 Å². The quantitative estimate of drug-likeness (QED) is 0.489. The molecule has 3 aromatic rings. The van der Waals surface area contributed by atoms with Crippen LogP contribution in [0.4, 0.5) is 26.3 Å². The molecule has 2 aromatic carbocycles. The lowest BCUT2D eigenvalue weighted by Crippen LogP contribution is -2.69. The predicted octanol–water partition coefficient (Wildman–Crippen LogP) is 4.94. The molecule has 0 saturated carbocycles. The van der Waals surface area contributed by atoms with Crippen molar-refractivity contribution in [3.8, 4) is 22.5 Å². The van der Waals surface area contributed by atoms with Crippen molar-refractivity contribution in [2.45, 2.75) is 44.2 Å². The van der Waals surface area contributed by atoms with E-state index in [2.05, 4.69) is 25.6 Å². The zero-order valence-corrected chi connectivity index (χ0v) is 18.2. The summed E-state index contributed by atoms with van der Waals surface area (Å²) in [7, 11) is 0. The van der Waals surface area contributed by atoms with Crippen LogP contribution in [0.2, 0.25) is 0 Å². The van der Waals surface area contributed by atoms with Gasteiger partial charge in [0.25, 0.3) is 5.91 Å². The van der Waals surface area contributed by atoms with E-state index in [-0.39, 0.29) is 23.3 Å². The molecule has 1 aromatic heterocycles. The van der Waals surface area contributed by atoms with Gasteiger partial charge in [0, 0.05) is 18.5 Å². The van der Waals surface area contributed by atoms with Gasteiger partial charge in [0.05, 0.1) is 0 Å². The molecule has 0 bridgehead atoms. The zero-order chi connectivity index (χ0) is 25.4. The van der Waals surface area contributed by atoms with Crippen LogP contribution in [0, 0.1) is 0 Å². The van der Waals surface area contributed by atoms with Crippen molar-refractivity contribution < 1.29 is 31.1 Å². The van der Waals surface area contributed by atoms with Gasteiger partial charge in [0.2, 0.25) is 0 Å². The Hall–Kier alpha value is -3.77. The van der Waals surface area contributed by atoms with E-state index in [0.29, 0.717) is 22.5 Å². The number of H-pyrrole nitrogens is 1. The molecule has 2 heterocycles. The fraction of sp³-hybridized carbons (Fsp3) is 0.318. The van der Waals surface area contributed by atoms with Crippen LogP contribution in [0.25, 0.3) is 22.5 Å². The number of carbonyl (C=O) groups excluding carboxylic acids is 1. The standard InChI is InChI=1S/C22H18F6N6O/c1-2-5-17-29-19(35)20(21(23,24)25,22(26,27)28)34(17)12-13-8-10-14(11-9-13)15-6-3-4-7-16(15)18-30-32-33-31-18/h3-4,6-11H,2,5,12H2,1H3,(H,30,31,32,33). The van der Waals surface area contributed by atoms with Crippen LogP contribution >= 0.6 is 0 Å². The van der Waals surface area contributed by atoms with Crippen LogP contribution in [0.15, 0.2) is 53.5 Å². The number of benzene rings is 2. The number of hydrogen-bond acceptors (Lipinski definition) is 5. The number of alkyl halides is 6. The topological polar surface area (TPSA) is 87.1 Å². The molecule has 4 rings (SSSR count). The summed E-state index contributed by atoms with van der Waals surface area (Å²) in [5.41, 5.74) is -2.60. The van der Waals surface area contributed by atoms with Crippen molar-refractivity contribution in [2.75, 3.05) is 0 Å². The first-order chi connectivity index (χ1) is 16.5. The smallest absolute Gasteiger partial charge is 0.326 e. The average Bonchev–Trinajstić information content (AvgIpc) is 3.41. The summed E-state index contributed by atoms with van der Waals surface area (Å²) in [6.45, 7) is 0.764. The lowest BCUT2D eigenvalue weighted by Gasteiger charge is -2.40. The molecule has 1 amide bonds. The Morgan fingerprint density at radius 2 is 1.57 bits per heavy atom. The van der Waals surface area contributed by atoms with Crippen molar-refractivity contribution >= 4 is 11.7 Å². The van der Waals surface area contributed by atoms with Crippen LogP contribution in [-0.4, -0.2) is 55.2 Å². The van der Waals surface area contributed by atoms with E-state index in [1.807, 2.05) is 0 Å². The fourth-order valence-electron chi connectivity index (χ4n) is 4.09. The molecule has 0 fully saturated rings. The fourth-order valence-corrected chi connectivity index (χ4v) is 4.09. The number of hydrogen-bond donors (Lipinski definition) is 1. The average molecular weight is 496 g/mol. The molecule has 35 heavy (non-hydrogen) atoms. The maximum absolute atomic E-state index is 13.9. The highest BCUT2D eigenvalue weighted by molar-refractivity contribution is 6.07. The minimum Gasteiger partial charge on any atom is -0.326 e. The minimum absolute atomic E-state index is 0.0436. The molecule has 0 spiro atoms. The number of amides is 1. The first-order valence-electron chi connectivity index (χ1n) is 10.5. The summed E-state index contributed by atoms with van der Waals surface area (Å²) in [4.78, 5) is 15.4. The lowest BCUT2D eigenvalue weighted by molar-refractivity contribution is -0.314. The normalized spacial score (nSPS) is 16.0. The molecule has 0 saturated heterocycles. The van der Waals surface area contributed by atoms with Crippen molar-refractivity contribution in [1.29, 1.82) is 0 Å². The second-order valence-electron chi connectivity index (χ2n) is 7.87. The summed E-state index contributed by atoms with van der Waals surface area (Å²) >= 11 is 0. The zero-order valence-electron chi connectivity index (χ0n) is 18.2. The summed E-state index contributed by atoms with van der Waals surface area (Å²) < 4.78 is 83.5. The van der Waals surface area contributed by atoms with E-state index in [9.17, 15) is 31.1 Å². The molecule has 13 heteroatoms. The van der Waals surface area contributed by atoms with Gasteiger partial charge < -0.3 is 4.90 Å². The molecule has 1 N–H and O–H groups in total. The number of carbonyl (C=O) groups is 1. The van der Waals surface area contributed by atoms with E-state index in [1.54, 1.807) is 43.3 Å². The summed E-state index contributed by atoms with van der Waals surface area (Å²) in [6, 6.07) is 13.0.